The quantitative estimate of drug-likeness (QED) is 0.763. The molecule has 0 aliphatic carbocycles. The lowest BCUT2D eigenvalue weighted by molar-refractivity contribution is -0.126. The van der Waals surface area contributed by atoms with E-state index in [-0.39, 0.29) is 11.3 Å². The van der Waals surface area contributed by atoms with Crippen molar-refractivity contribution in [2.45, 2.75) is 33.1 Å². The van der Waals surface area contributed by atoms with Gasteiger partial charge in [0.05, 0.1) is 0 Å². The van der Waals surface area contributed by atoms with Crippen LogP contribution in [0.2, 0.25) is 0 Å². The summed E-state index contributed by atoms with van der Waals surface area (Å²) in [5, 5.41) is 0. The van der Waals surface area contributed by atoms with Crippen LogP contribution in [0.1, 0.15) is 33.1 Å². The molecule has 0 atom stereocenters. The van der Waals surface area contributed by atoms with E-state index in [9.17, 15) is 4.79 Å². The number of hydrogen-bond donors (Lipinski definition) is 1. The SMILES string of the molecule is CN1CCC(C(=O)CC(C)(C)CN)CC1. The second-order valence-electron chi connectivity index (χ2n) is 5.59. The number of hydrogen-bond acceptors (Lipinski definition) is 3. The van der Waals surface area contributed by atoms with E-state index in [4.69, 9.17) is 5.73 Å². The van der Waals surface area contributed by atoms with Gasteiger partial charge < -0.3 is 10.6 Å². The fraction of sp³-hybridized carbons (Fsp3) is 0.917. The van der Waals surface area contributed by atoms with Crippen molar-refractivity contribution >= 4 is 5.78 Å². The van der Waals surface area contributed by atoms with Crippen LogP contribution in [0.15, 0.2) is 0 Å². The van der Waals surface area contributed by atoms with E-state index in [2.05, 4.69) is 25.8 Å². The molecule has 0 aromatic heterocycles. The normalized spacial score (nSPS) is 20.5. The van der Waals surface area contributed by atoms with Gasteiger partial charge in [-0.15, -0.1) is 0 Å². The van der Waals surface area contributed by atoms with Crippen LogP contribution < -0.4 is 5.73 Å². The van der Waals surface area contributed by atoms with Crippen LogP contribution in [0.25, 0.3) is 0 Å². The lowest BCUT2D eigenvalue weighted by atomic mass is 9.81. The first-order valence-corrected chi connectivity index (χ1v) is 5.86. The first-order valence-electron chi connectivity index (χ1n) is 5.86. The van der Waals surface area contributed by atoms with Crippen molar-refractivity contribution in [2.75, 3.05) is 26.7 Å². The number of carbonyl (C=O) groups is 1. The smallest absolute Gasteiger partial charge is 0.136 e. The summed E-state index contributed by atoms with van der Waals surface area (Å²) in [5.74, 6) is 0.700. The van der Waals surface area contributed by atoms with Crippen molar-refractivity contribution in [3.8, 4) is 0 Å². The zero-order valence-corrected chi connectivity index (χ0v) is 10.3. The zero-order chi connectivity index (χ0) is 11.5. The lowest BCUT2D eigenvalue weighted by Gasteiger charge is -2.30. The Morgan fingerprint density at radius 3 is 2.40 bits per heavy atom. The highest BCUT2D eigenvalue weighted by atomic mass is 16.1. The highest BCUT2D eigenvalue weighted by Crippen LogP contribution is 2.25. The van der Waals surface area contributed by atoms with Gasteiger partial charge in [0, 0.05) is 12.3 Å². The molecule has 0 saturated carbocycles. The highest BCUT2D eigenvalue weighted by Gasteiger charge is 2.28. The molecule has 1 rings (SSSR count). The maximum absolute atomic E-state index is 12.0. The van der Waals surface area contributed by atoms with Gasteiger partial charge >= 0.3 is 0 Å². The third-order valence-corrected chi connectivity index (χ3v) is 3.38. The third-order valence-electron chi connectivity index (χ3n) is 3.38. The Morgan fingerprint density at radius 2 is 1.93 bits per heavy atom. The third kappa shape index (κ3) is 3.92. The molecule has 1 saturated heterocycles. The van der Waals surface area contributed by atoms with Crippen molar-refractivity contribution in [3.05, 3.63) is 0 Å². The molecule has 3 nitrogen and oxygen atoms in total. The van der Waals surface area contributed by atoms with Crippen LogP contribution in [0.3, 0.4) is 0 Å². The first kappa shape index (κ1) is 12.7. The summed E-state index contributed by atoms with van der Waals surface area (Å²) in [6.45, 7) is 6.84. The Balaban J connectivity index is 2.41. The molecule has 3 heteroatoms. The number of carbonyl (C=O) groups excluding carboxylic acids is 1. The molecule has 1 aliphatic heterocycles. The van der Waals surface area contributed by atoms with Crippen molar-refractivity contribution < 1.29 is 4.79 Å². The minimum atomic E-state index is -0.0273. The summed E-state index contributed by atoms with van der Waals surface area (Å²) in [6, 6.07) is 0. The van der Waals surface area contributed by atoms with Crippen LogP contribution in [0, 0.1) is 11.3 Å². The van der Waals surface area contributed by atoms with E-state index in [0.717, 1.165) is 25.9 Å². The van der Waals surface area contributed by atoms with Crippen molar-refractivity contribution in [1.82, 2.24) is 4.90 Å². The molecule has 88 valence electrons. The van der Waals surface area contributed by atoms with Crippen LogP contribution >= 0.6 is 0 Å². The summed E-state index contributed by atoms with van der Waals surface area (Å²) in [4.78, 5) is 14.3. The van der Waals surface area contributed by atoms with Crippen molar-refractivity contribution in [3.63, 3.8) is 0 Å². The van der Waals surface area contributed by atoms with Crippen LogP contribution in [0.5, 0.6) is 0 Å². The molecule has 1 fully saturated rings. The molecule has 2 N–H and O–H groups in total. The largest absolute Gasteiger partial charge is 0.330 e. The number of nitrogens with two attached hydrogens (primary N) is 1. The van der Waals surface area contributed by atoms with Gasteiger partial charge in [-0.3, -0.25) is 4.79 Å². The van der Waals surface area contributed by atoms with Gasteiger partial charge in [-0.2, -0.15) is 0 Å². The number of ketones is 1. The predicted molar refractivity (Wildman–Crippen MR) is 62.7 cm³/mol. The zero-order valence-electron chi connectivity index (χ0n) is 10.3. The van der Waals surface area contributed by atoms with Crippen molar-refractivity contribution in [1.29, 1.82) is 0 Å². The van der Waals surface area contributed by atoms with E-state index < -0.39 is 0 Å². The van der Waals surface area contributed by atoms with E-state index in [1.807, 2.05) is 0 Å². The molecule has 1 aliphatic rings. The second kappa shape index (κ2) is 5.08. The minimum Gasteiger partial charge on any atom is -0.330 e. The van der Waals surface area contributed by atoms with Gasteiger partial charge in [-0.05, 0) is 44.9 Å². The maximum atomic E-state index is 12.0. The van der Waals surface area contributed by atoms with Gasteiger partial charge in [0.25, 0.3) is 0 Å². The Bertz CT molecular complexity index is 218. The second-order valence-corrected chi connectivity index (χ2v) is 5.59. The molecule has 0 aromatic rings. The molecule has 0 unspecified atom stereocenters. The monoisotopic (exact) mass is 212 g/mol. The van der Waals surface area contributed by atoms with Gasteiger partial charge in [0.1, 0.15) is 5.78 Å². The Morgan fingerprint density at radius 1 is 1.40 bits per heavy atom. The van der Waals surface area contributed by atoms with E-state index in [0.29, 0.717) is 18.7 Å². The van der Waals surface area contributed by atoms with Crippen LogP contribution in [-0.2, 0) is 4.79 Å². The molecule has 15 heavy (non-hydrogen) atoms. The molecular weight excluding hydrogens is 188 g/mol. The molecular formula is C12H24N2O. The minimum absolute atomic E-state index is 0.0273. The average Bonchev–Trinajstić information content (AvgIpc) is 2.18. The van der Waals surface area contributed by atoms with Gasteiger partial charge in [0.15, 0.2) is 0 Å². The fourth-order valence-electron chi connectivity index (χ4n) is 2.02. The van der Waals surface area contributed by atoms with Crippen molar-refractivity contribution in [2.24, 2.45) is 17.1 Å². The molecule has 0 aromatic carbocycles. The fourth-order valence-corrected chi connectivity index (χ4v) is 2.02. The summed E-state index contributed by atoms with van der Waals surface area (Å²) < 4.78 is 0. The van der Waals surface area contributed by atoms with Crippen LogP contribution in [0.4, 0.5) is 0 Å². The van der Waals surface area contributed by atoms with Gasteiger partial charge in [-0.25, -0.2) is 0 Å². The Kier molecular flexibility index (Phi) is 4.29. The van der Waals surface area contributed by atoms with E-state index in [1.54, 1.807) is 0 Å². The van der Waals surface area contributed by atoms with Gasteiger partial charge in [-0.1, -0.05) is 13.8 Å². The standard InChI is InChI=1S/C12H24N2O/c1-12(2,9-13)8-11(15)10-4-6-14(3)7-5-10/h10H,4-9,13H2,1-3H3. The summed E-state index contributed by atoms with van der Waals surface area (Å²) >= 11 is 0. The molecule has 0 bridgehead atoms. The maximum Gasteiger partial charge on any atom is 0.136 e. The number of likely N-dealkylation sites (tertiary alicyclic amines) is 1. The number of nitrogens with zero attached hydrogens (tertiary/aromatic N) is 1. The summed E-state index contributed by atoms with van der Waals surface area (Å²) in [6.07, 6.45) is 2.68. The Labute approximate surface area is 93.0 Å². The predicted octanol–water partition coefficient (Wildman–Crippen LogP) is 1.27. The molecule has 1 heterocycles. The van der Waals surface area contributed by atoms with E-state index >= 15 is 0 Å². The number of rotatable bonds is 4. The molecule has 0 amide bonds. The van der Waals surface area contributed by atoms with Crippen LogP contribution in [-0.4, -0.2) is 37.4 Å². The highest BCUT2D eigenvalue weighted by molar-refractivity contribution is 5.81. The Hall–Kier alpha value is -0.410. The average molecular weight is 212 g/mol. The number of Topliss-reactive ketones (excluding diaryl/α,β-unsaturated/α-hetero) is 1. The molecule has 0 spiro atoms. The summed E-state index contributed by atoms with van der Waals surface area (Å²) in [5.41, 5.74) is 5.62. The van der Waals surface area contributed by atoms with E-state index in [1.165, 1.54) is 0 Å². The lowest BCUT2D eigenvalue weighted by Crippen LogP contribution is -2.36. The number of piperidine rings is 1. The van der Waals surface area contributed by atoms with Gasteiger partial charge in [0.2, 0.25) is 0 Å². The first-order chi connectivity index (χ1) is 6.94. The summed E-state index contributed by atoms with van der Waals surface area (Å²) in [7, 11) is 2.12. The topological polar surface area (TPSA) is 46.3 Å². The molecule has 0 radical (unpaired) electrons.